The van der Waals surface area contributed by atoms with Crippen LogP contribution in [0.1, 0.15) is 23.4 Å². The molecule has 1 fully saturated rings. The van der Waals surface area contributed by atoms with Gasteiger partial charge < -0.3 is 24.1 Å². The molecule has 7 nitrogen and oxygen atoms in total. The number of methoxy groups -OCH3 is 2. The molecule has 1 aromatic heterocycles. The Kier molecular flexibility index (Phi) is 5.37. The fourth-order valence-corrected chi connectivity index (χ4v) is 3.19. The molecule has 3 rings (SSSR count). The van der Waals surface area contributed by atoms with Crippen molar-refractivity contribution in [3.8, 4) is 11.5 Å². The quantitative estimate of drug-likeness (QED) is 0.864. The van der Waals surface area contributed by atoms with Crippen LogP contribution in [0.3, 0.4) is 0 Å². The van der Waals surface area contributed by atoms with Crippen molar-refractivity contribution in [2.75, 3.05) is 26.1 Å². The highest BCUT2D eigenvalue weighted by atomic mass is 35.5. The molecule has 1 aliphatic heterocycles. The Labute approximate surface area is 155 Å². The first-order chi connectivity index (χ1) is 12.5. The number of hydrogen-bond acceptors (Lipinski definition) is 5. The molecule has 1 aliphatic rings. The molecule has 8 heteroatoms. The summed E-state index contributed by atoms with van der Waals surface area (Å²) >= 11 is 6.22. The van der Waals surface area contributed by atoms with Gasteiger partial charge in [0.25, 0.3) is 5.91 Å². The highest BCUT2D eigenvalue weighted by Gasteiger charge is 2.35. The van der Waals surface area contributed by atoms with Gasteiger partial charge in [0.15, 0.2) is 17.3 Å². The number of carbonyl (C=O) groups is 2. The van der Waals surface area contributed by atoms with E-state index in [-0.39, 0.29) is 17.6 Å². The maximum absolute atomic E-state index is 12.7. The normalized spacial score (nSPS) is 16.4. The molecule has 26 heavy (non-hydrogen) atoms. The number of nitrogens with one attached hydrogen (secondary N) is 1. The van der Waals surface area contributed by atoms with E-state index in [9.17, 15) is 9.59 Å². The van der Waals surface area contributed by atoms with E-state index >= 15 is 0 Å². The Morgan fingerprint density at radius 3 is 2.65 bits per heavy atom. The van der Waals surface area contributed by atoms with Crippen LogP contribution in [-0.2, 0) is 4.79 Å². The molecule has 1 unspecified atom stereocenters. The molecule has 1 N–H and O–H groups in total. The number of furan rings is 1. The number of nitrogens with zero attached hydrogens (tertiary/aromatic N) is 1. The summed E-state index contributed by atoms with van der Waals surface area (Å²) in [5, 5.41) is 3.09. The summed E-state index contributed by atoms with van der Waals surface area (Å²) in [7, 11) is 3.00. The van der Waals surface area contributed by atoms with Gasteiger partial charge in [0, 0.05) is 18.7 Å². The molecule has 138 valence electrons. The van der Waals surface area contributed by atoms with Crippen molar-refractivity contribution in [2.45, 2.75) is 18.9 Å². The Hall–Kier alpha value is -2.67. The van der Waals surface area contributed by atoms with E-state index in [0.29, 0.717) is 35.2 Å². The highest BCUT2D eigenvalue weighted by Crippen LogP contribution is 2.36. The van der Waals surface area contributed by atoms with E-state index in [1.807, 2.05) is 0 Å². The minimum atomic E-state index is -0.586. The molecule has 1 saturated heterocycles. The van der Waals surface area contributed by atoms with Crippen molar-refractivity contribution in [1.82, 2.24) is 4.90 Å². The number of anilines is 1. The standard InChI is InChI=1S/C18H19ClN2O5/c1-24-15-9-11(19)12(10-16(15)25-2)20-17(22)13-5-3-7-21(13)18(23)14-6-4-8-26-14/h4,6,8-10,13H,3,5,7H2,1-2H3,(H,20,22). The monoisotopic (exact) mass is 378 g/mol. The second-order valence-electron chi connectivity index (χ2n) is 5.81. The third-order valence-corrected chi connectivity index (χ3v) is 4.59. The lowest BCUT2D eigenvalue weighted by Gasteiger charge is -2.23. The number of carbonyl (C=O) groups excluding carboxylic acids is 2. The zero-order valence-electron chi connectivity index (χ0n) is 14.5. The van der Waals surface area contributed by atoms with E-state index in [1.165, 1.54) is 25.4 Å². The largest absolute Gasteiger partial charge is 0.493 e. The molecule has 2 amide bonds. The molecule has 0 saturated carbocycles. The molecule has 0 aliphatic carbocycles. The molecule has 0 bridgehead atoms. The Morgan fingerprint density at radius 1 is 1.27 bits per heavy atom. The fourth-order valence-electron chi connectivity index (χ4n) is 2.99. The van der Waals surface area contributed by atoms with Gasteiger partial charge in [-0.1, -0.05) is 11.6 Å². The third kappa shape index (κ3) is 3.48. The zero-order valence-corrected chi connectivity index (χ0v) is 15.2. The van der Waals surface area contributed by atoms with Crippen molar-refractivity contribution >= 4 is 29.1 Å². The summed E-state index contributed by atoms with van der Waals surface area (Å²) in [6, 6.07) is 5.79. The van der Waals surface area contributed by atoms with Crippen molar-refractivity contribution in [2.24, 2.45) is 0 Å². The topological polar surface area (TPSA) is 81.0 Å². The predicted octanol–water partition coefficient (Wildman–Crippen LogP) is 3.19. The SMILES string of the molecule is COc1cc(Cl)c(NC(=O)C2CCCN2C(=O)c2ccco2)cc1OC. The lowest BCUT2D eigenvalue weighted by atomic mass is 10.2. The highest BCUT2D eigenvalue weighted by molar-refractivity contribution is 6.34. The van der Waals surface area contributed by atoms with Crippen LogP contribution in [0.5, 0.6) is 11.5 Å². The van der Waals surface area contributed by atoms with Gasteiger partial charge in [0.05, 0.1) is 31.2 Å². The van der Waals surface area contributed by atoms with Crippen LogP contribution in [-0.4, -0.2) is 43.5 Å². The van der Waals surface area contributed by atoms with Crippen LogP contribution >= 0.6 is 11.6 Å². The summed E-state index contributed by atoms with van der Waals surface area (Å²) < 4.78 is 15.6. The first-order valence-electron chi connectivity index (χ1n) is 8.12. The first-order valence-corrected chi connectivity index (χ1v) is 8.49. The Bertz CT molecular complexity index is 806. The number of benzene rings is 1. The lowest BCUT2D eigenvalue weighted by molar-refractivity contribution is -0.119. The number of hydrogen-bond donors (Lipinski definition) is 1. The minimum absolute atomic E-state index is 0.217. The Morgan fingerprint density at radius 2 is 2.00 bits per heavy atom. The van der Waals surface area contributed by atoms with Crippen molar-refractivity contribution in [1.29, 1.82) is 0 Å². The maximum Gasteiger partial charge on any atom is 0.290 e. The van der Waals surface area contributed by atoms with Crippen LogP contribution in [0.15, 0.2) is 34.9 Å². The number of halogens is 1. The molecule has 0 spiro atoms. The summed E-state index contributed by atoms with van der Waals surface area (Å²) in [5.41, 5.74) is 0.395. The summed E-state index contributed by atoms with van der Waals surface area (Å²) in [6.45, 7) is 0.497. The van der Waals surface area contributed by atoms with Crippen LogP contribution in [0.25, 0.3) is 0 Å². The molecule has 1 aromatic carbocycles. The first kappa shape index (κ1) is 18.1. The van der Waals surface area contributed by atoms with Crippen molar-refractivity contribution in [3.63, 3.8) is 0 Å². The van der Waals surface area contributed by atoms with E-state index in [4.69, 9.17) is 25.5 Å². The number of ether oxygens (including phenoxy) is 2. The van der Waals surface area contributed by atoms with Gasteiger partial charge in [-0.3, -0.25) is 9.59 Å². The maximum atomic E-state index is 12.7. The summed E-state index contributed by atoms with van der Waals surface area (Å²) in [6.07, 6.45) is 2.75. The average Bonchev–Trinajstić information content (AvgIpc) is 3.34. The van der Waals surface area contributed by atoms with E-state index in [2.05, 4.69) is 5.32 Å². The fraction of sp³-hybridized carbons (Fsp3) is 0.333. The van der Waals surface area contributed by atoms with E-state index in [1.54, 1.807) is 24.3 Å². The average molecular weight is 379 g/mol. The number of amides is 2. The molecule has 0 radical (unpaired) electrons. The second kappa shape index (κ2) is 7.70. The predicted molar refractivity (Wildman–Crippen MR) is 96.0 cm³/mol. The van der Waals surface area contributed by atoms with Gasteiger partial charge in [-0.2, -0.15) is 0 Å². The molecular weight excluding hydrogens is 360 g/mol. The number of rotatable bonds is 5. The van der Waals surface area contributed by atoms with E-state index in [0.717, 1.165) is 6.42 Å². The third-order valence-electron chi connectivity index (χ3n) is 4.28. The number of likely N-dealkylation sites (tertiary alicyclic amines) is 1. The van der Waals surface area contributed by atoms with Crippen molar-refractivity contribution < 1.29 is 23.5 Å². The van der Waals surface area contributed by atoms with Crippen LogP contribution < -0.4 is 14.8 Å². The van der Waals surface area contributed by atoms with E-state index < -0.39 is 6.04 Å². The molecule has 2 aromatic rings. The molecule has 1 atom stereocenters. The van der Waals surface area contributed by atoms with Gasteiger partial charge >= 0.3 is 0 Å². The second-order valence-corrected chi connectivity index (χ2v) is 6.22. The van der Waals surface area contributed by atoms with Crippen LogP contribution in [0.2, 0.25) is 5.02 Å². The van der Waals surface area contributed by atoms with Crippen LogP contribution in [0, 0.1) is 0 Å². The van der Waals surface area contributed by atoms with Gasteiger partial charge in [-0.05, 0) is 25.0 Å². The Balaban J connectivity index is 1.78. The van der Waals surface area contributed by atoms with Gasteiger partial charge in [0.2, 0.25) is 5.91 Å². The van der Waals surface area contributed by atoms with Gasteiger partial charge in [-0.15, -0.1) is 0 Å². The molecular formula is C18H19ClN2O5. The van der Waals surface area contributed by atoms with Crippen LogP contribution in [0.4, 0.5) is 5.69 Å². The zero-order chi connectivity index (χ0) is 18.7. The van der Waals surface area contributed by atoms with Gasteiger partial charge in [-0.25, -0.2) is 0 Å². The smallest absolute Gasteiger partial charge is 0.290 e. The van der Waals surface area contributed by atoms with Gasteiger partial charge in [0.1, 0.15) is 6.04 Å². The lowest BCUT2D eigenvalue weighted by Crippen LogP contribution is -2.43. The molecule has 2 heterocycles. The van der Waals surface area contributed by atoms with Crippen molar-refractivity contribution in [3.05, 3.63) is 41.3 Å². The summed E-state index contributed by atoms with van der Waals surface area (Å²) in [5.74, 6) is 0.518. The minimum Gasteiger partial charge on any atom is -0.493 e. The summed E-state index contributed by atoms with van der Waals surface area (Å²) in [4.78, 5) is 26.8.